The molecule has 0 spiro atoms. The molecular formula is C24H28ClNO3. The van der Waals surface area contributed by atoms with E-state index >= 15 is 0 Å². The number of aliphatic hydroxyl groups is 1. The molecule has 5 heteroatoms. The number of hydrogen-bond donors (Lipinski definition) is 1. The van der Waals surface area contributed by atoms with E-state index in [0.717, 1.165) is 5.76 Å². The molecule has 1 N–H and O–H groups in total. The zero-order valence-electron chi connectivity index (χ0n) is 16.9. The van der Waals surface area contributed by atoms with E-state index in [1.807, 2.05) is 24.3 Å². The fourth-order valence-corrected chi connectivity index (χ4v) is 3.36. The number of halogens is 1. The van der Waals surface area contributed by atoms with Crippen LogP contribution in [0.25, 0.3) is 0 Å². The first-order valence-electron chi connectivity index (χ1n) is 9.90. The summed E-state index contributed by atoms with van der Waals surface area (Å²) < 4.78 is 11.2. The summed E-state index contributed by atoms with van der Waals surface area (Å²) in [5.41, 5.74) is 2.51. The summed E-state index contributed by atoms with van der Waals surface area (Å²) in [6, 6.07) is 19.7. The molecule has 0 aliphatic carbocycles. The Balaban J connectivity index is 1.62. The minimum atomic E-state index is -0.656. The maximum absolute atomic E-state index is 10.6. The van der Waals surface area contributed by atoms with E-state index in [2.05, 4.69) is 43.0 Å². The summed E-state index contributed by atoms with van der Waals surface area (Å²) in [4.78, 5) is 2.16. The van der Waals surface area contributed by atoms with E-state index in [1.165, 1.54) is 11.1 Å². The molecule has 0 aliphatic heterocycles. The van der Waals surface area contributed by atoms with Crippen LogP contribution in [0, 0.1) is 0 Å². The molecule has 0 amide bonds. The number of nitrogens with zero attached hydrogens (tertiary/aromatic N) is 1. The van der Waals surface area contributed by atoms with Gasteiger partial charge in [-0.2, -0.15) is 0 Å². The van der Waals surface area contributed by atoms with Crippen LogP contribution in [0.5, 0.6) is 5.75 Å². The third-order valence-electron chi connectivity index (χ3n) is 4.75. The Morgan fingerprint density at radius 2 is 1.76 bits per heavy atom. The molecule has 0 bridgehead atoms. The van der Waals surface area contributed by atoms with Gasteiger partial charge in [-0.3, -0.25) is 4.90 Å². The highest BCUT2D eigenvalue weighted by Gasteiger charge is 2.16. The average Bonchev–Trinajstić information content (AvgIpc) is 3.21. The topological polar surface area (TPSA) is 45.8 Å². The Hall–Kier alpha value is -2.27. The molecule has 4 nitrogen and oxygen atoms in total. The van der Waals surface area contributed by atoms with Gasteiger partial charge in [-0.15, -0.1) is 0 Å². The first-order chi connectivity index (χ1) is 14.0. The van der Waals surface area contributed by atoms with E-state index in [9.17, 15) is 5.11 Å². The van der Waals surface area contributed by atoms with Gasteiger partial charge in [0.05, 0.1) is 17.8 Å². The first kappa shape index (κ1) is 21.4. The highest BCUT2D eigenvalue weighted by atomic mass is 35.5. The number of rotatable bonds is 10. The van der Waals surface area contributed by atoms with Crippen molar-refractivity contribution in [3.05, 3.63) is 88.8 Å². The largest absolute Gasteiger partial charge is 0.489 e. The highest BCUT2D eigenvalue weighted by molar-refractivity contribution is 6.32. The van der Waals surface area contributed by atoms with Gasteiger partial charge in [-0.05, 0) is 41.3 Å². The zero-order chi connectivity index (χ0) is 20.6. The van der Waals surface area contributed by atoms with Gasteiger partial charge in [0.2, 0.25) is 0 Å². The Kier molecular flexibility index (Phi) is 7.76. The second-order valence-electron chi connectivity index (χ2n) is 7.54. The summed E-state index contributed by atoms with van der Waals surface area (Å²) in [6.45, 7) is 6.33. The first-order valence-corrected chi connectivity index (χ1v) is 10.3. The number of aliphatic hydroxyl groups excluding tert-OH is 1. The van der Waals surface area contributed by atoms with Crippen molar-refractivity contribution >= 4 is 11.6 Å². The third kappa shape index (κ3) is 6.64. The van der Waals surface area contributed by atoms with E-state index in [4.69, 9.17) is 20.8 Å². The number of ether oxygens (including phenoxy) is 1. The normalized spacial score (nSPS) is 12.5. The predicted octanol–water partition coefficient (Wildman–Crippen LogP) is 5.50. The minimum Gasteiger partial charge on any atom is -0.489 e. The van der Waals surface area contributed by atoms with Crippen molar-refractivity contribution in [2.75, 3.05) is 13.2 Å². The van der Waals surface area contributed by atoms with E-state index in [-0.39, 0.29) is 6.61 Å². The van der Waals surface area contributed by atoms with Crippen molar-refractivity contribution in [1.82, 2.24) is 4.90 Å². The lowest BCUT2D eigenvalue weighted by Crippen LogP contribution is -2.35. The molecular weight excluding hydrogens is 386 g/mol. The zero-order valence-corrected chi connectivity index (χ0v) is 17.7. The van der Waals surface area contributed by atoms with E-state index in [1.54, 1.807) is 18.4 Å². The van der Waals surface area contributed by atoms with Crippen molar-refractivity contribution in [3.63, 3.8) is 0 Å². The van der Waals surface area contributed by atoms with Crippen LogP contribution in [-0.2, 0) is 13.1 Å². The van der Waals surface area contributed by atoms with Gasteiger partial charge in [0.15, 0.2) is 0 Å². The fraction of sp³-hybridized carbons (Fsp3) is 0.333. The summed E-state index contributed by atoms with van der Waals surface area (Å²) in [7, 11) is 0. The number of hydrogen-bond acceptors (Lipinski definition) is 4. The molecule has 29 heavy (non-hydrogen) atoms. The minimum absolute atomic E-state index is 0.171. The average molecular weight is 414 g/mol. The van der Waals surface area contributed by atoms with Crippen molar-refractivity contribution in [3.8, 4) is 5.75 Å². The Morgan fingerprint density at radius 1 is 1.00 bits per heavy atom. The smallest absolute Gasteiger partial charge is 0.138 e. The van der Waals surface area contributed by atoms with Gasteiger partial charge >= 0.3 is 0 Å². The second kappa shape index (κ2) is 10.5. The lowest BCUT2D eigenvalue weighted by molar-refractivity contribution is 0.0605. The molecule has 0 fully saturated rings. The van der Waals surface area contributed by atoms with Crippen molar-refractivity contribution in [1.29, 1.82) is 0 Å². The summed E-state index contributed by atoms with van der Waals surface area (Å²) in [5.74, 6) is 1.95. The van der Waals surface area contributed by atoms with Crippen LogP contribution in [0.1, 0.15) is 36.7 Å². The molecule has 0 saturated carbocycles. The lowest BCUT2D eigenvalue weighted by atomic mass is 10.0. The Labute approximate surface area is 177 Å². The van der Waals surface area contributed by atoms with Gasteiger partial charge in [0.25, 0.3) is 0 Å². The number of furan rings is 1. The molecule has 154 valence electrons. The van der Waals surface area contributed by atoms with Gasteiger partial charge < -0.3 is 14.3 Å². The second-order valence-corrected chi connectivity index (χ2v) is 7.95. The summed E-state index contributed by atoms with van der Waals surface area (Å²) >= 11 is 6.12. The molecule has 1 heterocycles. The van der Waals surface area contributed by atoms with Crippen LogP contribution in [0.3, 0.4) is 0 Å². The SMILES string of the molecule is CC(C)c1ccc(CN(Cc2ccco2)CC(O)COc2ccccc2Cl)cc1. The standard InChI is InChI=1S/C24H28ClNO3/c1-18(2)20-11-9-19(10-12-20)14-26(16-22-6-5-13-28-22)15-21(27)17-29-24-8-4-3-7-23(24)25/h3-13,18,21,27H,14-17H2,1-2H3. The maximum atomic E-state index is 10.6. The molecule has 0 aliphatic rings. The van der Waals surface area contributed by atoms with Crippen LogP contribution in [0.2, 0.25) is 5.02 Å². The van der Waals surface area contributed by atoms with Crippen molar-refractivity contribution in [2.24, 2.45) is 0 Å². The van der Waals surface area contributed by atoms with Crippen LogP contribution in [0.4, 0.5) is 0 Å². The molecule has 0 radical (unpaired) electrons. The number of para-hydroxylation sites is 1. The molecule has 1 unspecified atom stereocenters. The van der Waals surface area contributed by atoms with Crippen LogP contribution >= 0.6 is 11.6 Å². The Bertz CT molecular complexity index is 862. The number of benzene rings is 2. The van der Waals surface area contributed by atoms with Gasteiger partial charge in [0.1, 0.15) is 24.2 Å². The van der Waals surface area contributed by atoms with E-state index in [0.29, 0.717) is 36.3 Å². The van der Waals surface area contributed by atoms with Crippen molar-refractivity contribution < 1.29 is 14.3 Å². The molecule has 3 aromatic rings. The molecule has 1 atom stereocenters. The summed E-state index contributed by atoms with van der Waals surface area (Å²) in [5, 5.41) is 11.1. The predicted molar refractivity (Wildman–Crippen MR) is 116 cm³/mol. The molecule has 0 saturated heterocycles. The van der Waals surface area contributed by atoms with Crippen LogP contribution < -0.4 is 4.74 Å². The van der Waals surface area contributed by atoms with Gasteiger partial charge in [0, 0.05) is 13.1 Å². The van der Waals surface area contributed by atoms with Crippen LogP contribution in [-0.4, -0.2) is 29.3 Å². The van der Waals surface area contributed by atoms with Crippen molar-refractivity contribution in [2.45, 2.75) is 39.0 Å². The maximum Gasteiger partial charge on any atom is 0.138 e. The van der Waals surface area contributed by atoms with Gasteiger partial charge in [-0.25, -0.2) is 0 Å². The molecule has 1 aromatic heterocycles. The molecule has 3 rings (SSSR count). The van der Waals surface area contributed by atoms with E-state index < -0.39 is 6.10 Å². The Morgan fingerprint density at radius 3 is 2.41 bits per heavy atom. The van der Waals surface area contributed by atoms with Crippen LogP contribution in [0.15, 0.2) is 71.3 Å². The third-order valence-corrected chi connectivity index (χ3v) is 5.06. The fourth-order valence-electron chi connectivity index (χ4n) is 3.17. The quantitative estimate of drug-likeness (QED) is 0.476. The highest BCUT2D eigenvalue weighted by Crippen LogP contribution is 2.23. The van der Waals surface area contributed by atoms with Gasteiger partial charge in [-0.1, -0.05) is 61.8 Å². The monoisotopic (exact) mass is 413 g/mol. The molecule has 2 aromatic carbocycles. The summed E-state index contributed by atoms with van der Waals surface area (Å²) in [6.07, 6.45) is 1.01. The lowest BCUT2D eigenvalue weighted by Gasteiger charge is -2.24.